The first kappa shape index (κ1) is 16.1. The summed E-state index contributed by atoms with van der Waals surface area (Å²) in [4.78, 5) is 12.1. The fourth-order valence-electron chi connectivity index (χ4n) is 2.15. The zero-order chi connectivity index (χ0) is 16.3. The molecule has 0 spiro atoms. The highest BCUT2D eigenvalue weighted by Gasteiger charge is 2.23. The molecule has 2 bridgehead atoms. The van der Waals surface area contributed by atoms with E-state index in [0.717, 1.165) is 0 Å². The van der Waals surface area contributed by atoms with E-state index in [-0.39, 0.29) is 29.2 Å². The van der Waals surface area contributed by atoms with E-state index in [1.807, 2.05) is 0 Å². The summed E-state index contributed by atoms with van der Waals surface area (Å²) in [5.41, 5.74) is 0.113. The number of rotatable bonds is 0. The van der Waals surface area contributed by atoms with Crippen molar-refractivity contribution in [1.82, 2.24) is 0 Å². The standard InChI is InChI=1S/C16H19NO5/c1-9-13(19)5-3-2-4-6-14(20)11-7-10(18)8-12(15(11)21)17-16(9)22/h2-5,7-9,13-14,18-21H,6H2,1H3,(H,17,22)/t9-,13-,14-/m1/s1. The van der Waals surface area contributed by atoms with Crippen LogP contribution in [-0.4, -0.2) is 32.4 Å². The summed E-state index contributed by atoms with van der Waals surface area (Å²) in [6.45, 7) is 1.54. The van der Waals surface area contributed by atoms with Crippen molar-refractivity contribution in [1.29, 1.82) is 0 Å². The molecule has 3 atom stereocenters. The SMILES string of the molecule is C[C@H]1C(=O)Nc2cc(O)cc(c2O)[C@H](O)CC=CC=C[C@H]1O. The zero-order valence-electron chi connectivity index (χ0n) is 12.1. The second-order valence-electron chi connectivity index (χ2n) is 5.26. The second-order valence-corrected chi connectivity index (χ2v) is 5.26. The third-order valence-electron chi connectivity index (χ3n) is 3.58. The maximum absolute atomic E-state index is 12.1. The van der Waals surface area contributed by atoms with Gasteiger partial charge in [-0.3, -0.25) is 4.79 Å². The molecular weight excluding hydrogens is 286 g/mol. The number of aromatic hydroxyl groups is 2. The third kappa shape index (κ3) is 3.47. The molecule has 1 aromatic rings. The molecule has 1 aromatic carbocycles. The average molecular weight is 305 g/mol. The Morgan fingerprint density at radius 2 is 1.91 bits per heavy atom. The molecule has 118 valence electrons. The highest BCUT2D eigenvalue weighted by atomic mass is 16.3. The predicted molar refractivity (Wildman–Crippen MR) is 81.4 cm³/mol. The number of aliphatic hydroxyl groups excluding tert-OH is 2. The molecule has 5 N–H and O–H groups in total. The Morgan fingerprint density at radius 3 is 2.64 bits per heavy atom. The van der Waals surface area contributed by atoms with Crippen LogP contribution in [0.4, 0.5) is 5.69 Å². The maximum Gasteiger partial charge on any atom is 0.230 e. The Morgan fingerprint density at radius 1 is 1.18 bits per heavy atom. The first-order chi connectivity index (χ1) is 10.4. The van der Waals surface area contributed by atoms with Gasteiger partial charge in [-0.25, -0.2) is 0 Å². The van der Waals surface area contributed by atoms with Gasteiger partial charge < -0.3 is 25.7 Å². The maximum atomic E-state index is 12.1. The Bertz CT molecular complexity index is 623. The molecule has 1 aliphatic heterocycles. The number of aliphatic hydroxyl groups is 2. The fourth-order valence-corrected chi connectivity index (χ4v) is 2.15. The molecule has 0 saturated carbocycles. The average Bonchev–Trinajstić information content (AvgIpc) is 2.48. The summed E-state index contributed by atoms with van der Waals surface area (Å²) in [6, 6.07) is 2.44. The first-order valence-corrected chi connectivity index (χ1v) is 6.96. The van der Waals surface area contributed by atoms with E-state index >= 15 is 0 Å². The third-order valence-corrected chi connectivity index (χ3v) is 3.58. The lowest BCUT2D eigenvalue weighted by Gasteiger charge is -2.18. The molecule has 2 rings (SSSR count). The number of carbonyl (C=O) groups excluding carboxylic acids is 1. The van der Waals surface area contributed by atoms with Gasteiger partial charge in [-0.15, -0.1) is 0 Å². The molecule has 0 fully saturated rings. The van der Waals surface area contributed by atoms with E-state index in [1.165, 1.54) is 18.2 Å². The lowest BCUT2D eigenvalue weighted by Crippen LogP contribution is -2.29. The van der Waals surface area contributed by atoms with Crippen molar-refractivity contribution in [3.05, 3.63) is 42.0 Å². The number of phenols is 2. The smallest absolute Gasteiger partial charge is 0.230 e. The van der Waals surface area contributed by atoms with Gasteiger partial charge in [-0.2, -0.15) is 0 Å². The summed E-state index contributed by atoms with van der Waals surface area (Å²) in [7, 11) is 0. The van der Waals surface area contributed by atoms with Crippen LogP contribution in [0, 0.1) is 5.92 Å². The van der Waals surface area contributed by atoms with Crippen LogP contribution in [0.3, 0.4) is 0 Å². The van der Waals surface area contributed by atoms with Crippen LogP contribution in [0.25, 0.3) is 0 Å². The van der Waals surface area contributed by atoms with Gasteiger partial charge in [0.2, 0.25) is 5.91 Å². The molecule has 6 heteroatoms. The number of fused-ring (bicyclic) bond motifs is 2. The molecule has 22 heavy (non-hydrogen) atoms. The van der Waals surface area contributed by atoms with E-state index < -0.39 is 24.0 Å². The molecule has 1 aliphatic rings. The lowest BCUT2D eigenvalue weighted by molar-refractivity contribution is -0.121. The Balaban J connectivity index is 2.47. The Labute approximate surface area is 128 Å². The topological polar surface area (TPSA) is 110 Å². The number of benzene rings is 1. The number of allylic oxidation sites excluding steroid dienone is 2. The molecule has 0 unspecified atom stereocenters. The van der Waals surface area contributed by atoms with Gasteiger partial charge in [0.1, 0.15) is 11.5 Å². The quantitative estimate of drug-likeness (QED) is 0.369. The van der Waals surface area contributed by atoms with E-state index in [0.29, 0.717) is 0 Å². The zero-order valence-corrected chi connectivity index (χ0v) is 12.1. The Hall–Kier alpha value is -2.31. The number of nitrogens with one attached hydrogen (secondary N) is 1. The molecule has 0 aliphatic carbocycles. The van der Waals surface area contributed by atoms with Crippen LogP contribution >= 0.6 is 0 Å². The van der Waals surface area contributed by atoms with E-state index in [1.54, 1.807) is 25.2 Å². The number of phenolic OH excluding ortho intramolecular Hbond substituents is 2. The minimum absolute atomic E-state index is 0.00898. The van der Waals surface area contributed by atoms with Crippen molar-refractivity contribution in [2.45, 2.75) is 25.6 Å². The van der Waals surface area contributed by atoms with E-state index in [9.17, 15) is 25.2 Å². The van der Waals surface area contributed by atoms with Crippen LogP contribution in [0.5, 0.6) is 11.5 Å². The molecule has 1 heterocycles. The lowest BCUT2D eigenvalue weighted by atomic mass is 10.0. The van der Waals surface area contributed by atoms with E-state index in [2.05, 4.69) is 5.32 Å². The Kier molecular flexibility index (Phi) is 4.85. The van der Waals surface area contributed by atoms with Gasteiger partial charge >= 0.3 is 0 Å². The summed E-state index contributed by atoms with van der Waals surface area (Å²) < 4.78 is 0. The van der Waals surface area contributed by atoms with Crippen LogP contribution in [0.1, 0.15) is 25.0 Å². The van der Waals surface area contributed by atoms with Crippen molar-refractivity contribution >= 4 is 11.6 Å². The van der Waals surface area contributed by atoms with Gasteiger partial charge in [0.25, 0.3) is 0 Å². The van der Waals surface area contributed by atoms with Crippen molar-refractivity contribution in [3.8, 4) is 11.5 Å². The molecule has 0 aromatic heterocycles. The minimum Gasteiger partial charge on any atom is -0.508 e. The van der Waals surface area contributed by atoms with Crippen molar-refractivity contribution in [3.63, 3.8) is 0 Å². The monoisotopic (exact) mass is 305 g/mol. The van der Waals surface area contributed by atoms with Crippen molar-refractivity contribution in [2.75, 3.05) is 5.32 Å². The number of carbonyl (C=O) groups is 1. The summed E-state index contributed by atoms with van der Waals surface area (Å²) in [5, 5.41) is 42.4. The van der Waals surface area contributed by atoms with Gasteiger partial charge in [-0.05, 0) is 12.5 Å². The number of hydrogen-bond acceptors (Lipinski definition) is 5. The molecule has 0 saturated heterocycles. The largest absolute Gasteiger partial charge is 0.508 e. The normalized spacial score (nSPS) is 25.8. The van der Waals surface area contributed by atoms with Crippen molar-refractivity contribution < 1.29 is 25.2 Å². The molecule has 1 amide bonds. The van der Waals surface area contributed by atoms with Crippen molar-refractivity contribution in [2.24, 2.45) is 5.92 Å². The van der Waals surface area contributed by atoms with Gasteiger partial charge in [0, 0.05) is 11.6 Å². The molecular formula is C16H19NO5. The van der Waals surface area contributed by atoms with Crippen LogP contribution in [0.15, 0.2) is 36.4 Å². The highest BCUT2D eigenvalue weighted by Crippen LogP contribution is 2.37. The highest BCUT2D eigenvalue weighted by molar-refractivity contribution is 5.94. The number of anilines is 1. The number of amides is 1. The number of hydrogen-bond donors (Lipinski definition) is 5. The second kappa shape index (κ2) is 6.64. The first-order valence-electron chi connectivity index (χ1n) is 6.96. The van der Waals surface area contributed by atoms with Gasteiger partial charge in [0.15, 0.2) is 0 Å². The summed E-state index contributed by atoms with van der Waals surface area (Å²) >= 11 is 0. The summed E-state index contributed by atoms with van der Waals surface area (Å²) in [6.07, 6.45) is 4.54. The van der Waals surface area contributed by atoms with Gasteiger partial charge in [0.05, 0.1) is 23.8 Å². The van der Waals surface area contributed by atoms with Gasteiger partial charge in [-0.1, -0.05) is 31.2 Å². The van der Waals surface area contributed by atoms with Crippen LogP contribution in [-0.2, 0) is 4.79 Å². The minimum atomic E-state index is -1.03. The molecule has 0 radical (unpaired) electrons. The predicted octanol–water partition coefficient (Wildman–Crippen LogP) is 1.58. The molecule has 6 nitrogen and oxygen atoms in total. The van der Waals surface area contributed by atoms with E-state index in [4.69, 9.17) is 0 Å². The van der Waals surface area contributed by atoms with Crippen LogP contribution in [0.2, 0.25) is 0 Å². The fraction of sp³-hybridized carbons (Fsp3) is 0.312. The summed E-state index contributed by atoms with van der Waals surface area (Å²) in [5.74, 6) is -1.75. The van der Waals surface area contributed by atoms with Crippen LogP contribution < -0.4 is 5.32 Å².